The Morgan fingerprint density at radius 3 is 1.80 bits per heavy atom. The van der Waals surface area contributed by atoms with E-state index in [0.717, 1.165) is 23.8 Å². The largest absolute Gasteiger partial charge is 0.416 e. The Labute approximate surface area is 231 Å². The zero-order chi connectivity index (χ0) is 30.0. The van der Waals surface area contributed by atoms with E-state index >= 15 is 0 Å². The van der Waals surface area contributed by atoms with Crippen molar-refractivity contribution in [3.8, 4) is 0 Å². The SMILES string of the molecule is CC.CCc1ccc(C(Cc2ccccc2)(c2cccc(C(F)(F)F)c2)c2ccccn2)cc1C(F)(F)F.CN. The van der Waals surface area contributed by atoms with Crippen LogP contribution < -0.4 is 5.73 Å². The number of nitrogens with zero attached hydrogens (tertiary/aromatic N) is 1. The van der Waals surface area contributed by atoms with Crippen LogP contribution in [-0.2, 0) is 30.6 Å². The van der Waals surface area contributed by atoms with E-state index in [1.165, 1.54) is 31.4 Å². The molecule has 2 N–H and O–H groups in total. The van der Waals surface area contributed by atoms with Gasteiger partial charge in [-0.2, -0.15) is 26.3 Å². The predicted molar refractivity (Wildman–Crippen MR) is 148 cm³/mol. The molecule has 1 aromatic heterocycles. The van der Waals surface area contributed by atoms with E-state index in [1.54, 1.807) is 61.5 Å². The van der Waals surface area contributed by atoms with E-state index in [0.29, 0.717) is 5.69 Å². The topological polar surface area (TPSA) is 38.9 Å². The molecule has 0 radical (unpaired) electrons. The molecule has 4 aromatic rings. The van der Waals surface area contributed by atoms with Gasteiger partial charge < -0.3 is 5.73 Å². The Morgan fingerprint density at radius 2 is 1.25 bits per heavy atom. The Kier molecular flexibility index (Phi) is 11.5. The second-order valence-electron chi connectivity index (χ2n) is 8.58. The van der Waals surface area contributed by atoms with Crippen molar-refractivity contribution in [1.29, 1.82) is 0 Å². The molecule has 0 bridgehead atoms. The first-order valence-electron chi connectivity index (χ1n) is 13.0. The minimum Gasteiger partial charge on any atom is -0.333 e. The molecule has 4 rings (SSSR count). The molecule has 1 heterocycles. The van der Waals surface area contributed by atoms with Crippen LogP contribution >= 0.6 is 0 Å². The van der Waals surface area contributed by atoms with Gasteiger partial charge in [-0.1, -0.05) is 87.5 Å². The first-order chi connectivity index (χ1) is 19.1. The van der Waals surface area contributed by atoms with Crippen molar-refractivity contribution >= 4 is 0 Å². The molecule has 0 saturated carbocycles. The Balaban J connectivity index is 0.00000134. The van der Waals surface area contributed by atoms with E-state index in [1.807, 2.05) is 13.8 Å². The monoisotopic (exact) mass is 560 g/mol. The average molecular weight is 561 g/mol. The highest BCUT2D eigenvalue weighted by Crippen LogP contribution is 2.45. The van der Waals surface area contributed by atoms with Crippen LogP contribution in [0.4, 0.5) is 26.3 Å². The lowest BCUT2D eigenvalue weighted by Gasteiger charge is -2.36. The lowest BCUT2D eigenvalue weighted by Crippen LogP contribution is -2.34. The number of hydrogen-bond acceptors (Lipinski definition) is 2. The molecular formula is C32H34F6N2. The molecule has 0 amide bonds. The lowest BCUT2D eigenvalue weighted by molar-refractivity contribution is -0.138. The Morgan fingerprint density at radius 1 is 0.650 bits per heavy atom. The van der Waals surface area contributed by atoms with E-state index in [4.69, 9.17) is 0 Å². The third-order valence-corrected chi connectivity index (χ3v) is 6.39. The molecule has 2 nitrogen and oxygen atoms in total. The van der Waals surface area contributed by atoms with Crippen LogP contribution in [0.5, 0.6) is 0 Å². The van der Waals surface area contributed by atoms with Crippen LogP contribution in [0.3, 0.4) is 0 Å². The van der Waals surface area contributed by atoms with Gasteiger partial charge in [0.05, 0.1) is 22.2 Å². The molecule has 40 heavy (non-hydrogen) atoms. The molecule has 214 valence electrons. The number of rotatable bonds is 6. The van der Waals surface area contributed by atoms with E-state index in [-0.39, 0.29) is 29.5 Å². The van der Waals surface area contributed by atoms with Crippen molar-refractivity contribution in [3.63, 3.8) is 0 Å². The summed E-state index contributed by atoms with van der Waals surface area (Å²) in [5.41, 5.74) is 3.03. The van der Waals surface area contributed by atoms with Crippen molar-refractivity contribution in [3.05, 3.63) is 136 Å². The first kappa shape index (κ1) is 32.6. The lowest BCUT2D eigenvalue weighted by atomic mass is 9.67. The maximum atomic E-state index is 14.1. The van der Waals surface area contributed by atoms with Crippen molar-refractivity contribution < 1.29 is 26.3 Å². The molecule has 0 saturated heterocycles. The third kappa shape index (κ3) is 7.30. The fourth-order valence-electron chi connectivity index (χ4n) is 4.65. The number of pyridine rings is 1. The summed E-state index contributed by atoms with van der Waals surface area (Å²) in [5, 5.41) is 0. The van der Waals surface area contributed by atoms with E-state index < -0.39 is 28.9 Å². The van der Waals surface area contributed by atoms with Crippen LogP contribution in [-0.4, -0.2) is 12.0 Å². The molecule has 0 aliphatic heterocycles. The predicted octanol–water partition coefficient (Wildman–Crippen LogP) is 8.86. The second kappa shape index (κ2) is 14.1. The molecule has 3 aromatic carbocycles. The maximum Gasteiger partial charge on any atom is 0.416 e. The van der Waals surface area contributed by atoms with Crippen LogP contribution in [0, 0.1) is 0 Å². The zero-order valence-corrected chi connectivity index (χ0v) is 22.9. The molecule has 0 fully saturated rings. The summed E-state index contributed by atoms with van der Waals surface area (Å²) in [7, 11) is 1.50. The van der Waals surface area contributed by atoms with Gasteiger partial charge in [-0.3, -0.25) is 4.98 Å². The number of aryl methyl sites for hydroxylation is 1. The molecule has 0 spiro atoms. The Bertz CT molecular complexity index is 1320. The van der Waals surface area contributed by atoms with Gasteiger partial charge in [0.2, 0.25) is 0 Å². The fourth-order valence-corrected chi connectivity index (χ4v) is 4.65. The summed E-state index contributed by atoms with van der Waals surface area (Å²) < 4.78 is 83.5. The summed E-state index contributed by atoms with van der Waals surface area (Å²) >= 11 is 0. The standard InChI is InChI=1S/C29H23F6N.C2H6.CH5N/c1-2-21-14-15-23(18-25(21)29(33,34)35)27(26-13-6-7-16-36-26,19-20-9-4-3-5-10-20)22-11-8-12-24(17-22)28(30,31)32;2*1-2/h3-18H,2,19H2,1H3;1-2H3;2H2,1H3. The Hall–Kier alpha value is -3.65. The maximum absolute atomic E-state index is 14.1. The molecule has 0 aliphatic rings. The molecular weight excluding hydrogens is 526 g/mol. The third-order valence-electron chi connectivity index (χ3n) is 6.39. The summed E-state index contributed by atoms with van der Waals surface area (Å²) in [6.07, 6.45) is -7.49. The van der Waals surface area contributed by atoms with Crippen molar-refractivity contribution in [2.24, 2.45) is 5.73 Å². The number of hydrogen-bond donors (Lipinski definition) is 1. The van der Waals surface area contributed by atoms with Crippen molar-refractivity contribution in [2.75, 3.05) is 7.05 Å². The van der Waals surface area contributed by atoms with Gasteiger partial charge >= 0.3 is 12.4 Å². The van der Waals surface area contributed by atoms with Crippen LogP contribution in [0.1, 0.15) is 59.8 Å². The first-order valence-corrected chi connectivity index (χ1v) is 13.0. The summed E-state index contributed by atoms with van der Waals surface area (Å²) in [4.78, 5) is 4.46. The summed E-state index contributed by atoms with van der Waals surface area (Å²) in [6, 6.07) is 22.8. The van der Waals surface area contributed by atoms with Crippen LogP contribution in [0.2, 0.25) is 0 Å². The quantitative estimate of drug-likeness (QED) is 0.239. The van der Waals surface area contributed by atoms with Gasteiger partial charge in [-0.25, -0.2) is 0 Å². The highest BCUT2D eigenvalue weighted by atomic mass is 19.4. The van der Waals surface area contributed by atoms with Crippen molar-refractivity contribution in [1.82, 2.24) is 4.98 Å². The van der Waals surface area contributed by atoms with Crippen LogP contribution in [0.25, 0.3) is 0 Å². The van der Waals surface area contributed by atoms with E-state index in [9.17, 15) is 26.3 Å². The van der Waals surface area contributed by atoms with Gasteiger partial charge in [0.15, 0.2) is 0 Å². The van der Waals surface area contributed by atoms with Crippen molar-refractivity contribution in [2.45, 2.75) is 51.4 Å². The molecule has 0 aliphatic carbocycles. The number of halogens is 6. The average Bonchev–Trinajstić information content (AvgIpc) is 2.98. The second-order valence-corrected chi connectivity index (χ2v) is 8.58. The van der Waals surface area contributed by atoms with Gasteiger partial charge in [-0.15, -0.1) is 0 Å². The fraction of sp³-hybridized carbons (Fsp3) is 0.281. The highest BCUT2D eigenvalue weighted by molar-refractivity contribution is 5.53. The number of aromatic nitrogens is 1. The zero-order valence-electron chi connectivity index (χ0n) is 22.9. The van der Waals surface area contributed by atoms with Crippen LogP contribution in [0.15, 0.2) is 97.2 Å². The number of alkyl halides is 6. The van der Waals surface area contributed by atoms with Gasteiger partial charge in [0, 0.05) is 6.20 Å². The number of nitrogens with two attached hydrogens (primary N) is 1. The molecule has 1 atom stereocenters. The van der Waals surface area contributed by atoms with Gasteiger partial charge in [0.1, 0.15) is 0 Å². The summed E-state index contributed by atoms with van der Waals surface area (Å²) in [5.74, 6) is 0. The normalized spacial score (nSPS) is 12.8. The van der Waals surface area contributed by atoms with E-state index in [2.05, 4.69) is 10.7 Å². The summed E-state index contributed by atoms with van der Waals surface area (Å²) in [6.45, 7) is 5.63. The smallest absolute Gasteiger partial charge is 0.333 e. The van der Waals surface area contributed by atoms with Gasteiger partial charge in [-0.05, 0) is 66.4 Å². The van der Waals surface area contributed by atoms with Gasteiger partial charge in [0.25, 0.3) is 0 Å². The molecule has 1 unspecified atom stereocenters. The minimum absolute atomic E-state index is 0.106. The minimum atomic E-state index is -4.63. The molecule has 8 heteroatoms. The highest BCUT2D eigenvalue weighted by Gasteiger charge is 2.42. The number of benzene rings is 3.